The number of aryl methyl sites for hydroxylation is 1. The minimum atomic E-state index is 0.108. The number of likely N-dealkylation sites (N-methyl/N-ethyl adjacent to an activating group) is 1. The van der Waals surface area contributed by atoms with Crippen molar-refractivity contribution in [2.75, 3.05) is 26.7 Å². The van der Waals surface area contributed by atoms with E-state index in [-0.39, 0.29) is 12.0 Å². The molecule has 0 saturated carbocycles. The Morgan fingerprint density at radius 2 is 2.08 bits per heavy atom. The molecule has 4 heterocycles. The fraction of sp³-hybridized carbons (Fsp3) is 0.529. The molecular weight excluding hydrogens is 320 g/mol. The lowest BCUT2D eigenvalue weighted by molar-refractivity contribution is 0.190. The van der Waals surface area contributed by atoms with Gasteiger partial charge in [-0.2, -0.15) is 4.98 Å². The summed E-state index contributed by atoms with van der Waals surface area (Å²) in [5.74, 6) is 1.38. The maximum absolute atomic E-state index is 5.61. The first-order valence-electron chi connectivity index (χ1n) is 8.56. The van der Waals surface area contributed by atoms with Crippen molar-refractivity contribution in [1.82, 2.24) is 30.5 Å². The third-order valence-corrected chi connectivity index (χ3v) is 4.63. The molecule has 1 fully saturated rings. The Hall–Kier alpha value is -2.32. The van der Waals surface area contributed by atoms with Gasteiger partial charge in [-0.25, -0.2) is 4.98 Å². The van der Waals surface area contributed by atoms with Crippen molar-refractivity contribution in [1.29, 1.82) is 0 Å². The van der Waals surface area contributed by atoms with Gasteiger partial charge in [-0.3, -0.25) is 4.90 Å². The van der Waals surface area contributed by atoms with E-state index >= 15 is 0 Å². The van der Waals surface area contributed by atoms with E-state index in [1.165, 1.54) is 0 Å². The van der Waals surface area contributed by atoms with Crippen LogP contribution >= 0.6 is 0 Å². The monoisotopic (exact) mass is 342 g/mol. The fourth-order valence-corrected chi connectivity index (χ4v) is 3.23. The van der Waals surface area contributed by atoms with Gasteiger partial charge in [0.25, 0.3) is 11.6 Å². The number of rotatable bonds is 3. The summed E-state index contributed by atoms with van der Waals surface area (Å²) in [5.41, 5.74) is 3.02. The van der Waals surface area contributed by atoms with Crippen LogP contribution in [0.5, 0.6) is 0 Å². The molecule has 3 aromatic rings. The molecule has 0 aliphatic carbocycles. The third kappa shape index (κ3) is 2.81. The van der Waals surface area contributed by atoms with Crippen molar-refractivity contribution in [3.05, 3.63) is 23.3 Å². The van der Waals surface area contributed by atoms with Crippen LogP contribution in [0.3, 0.4) is 0 Å². The normalized spacial score (nSPS) is 19.2. The highest BCUT2D eigenvalue weighted by Gasteiger charge is 2.27. The topological polar surface area (TPSA) is 93.1 Å². The van der Waals surface area contributed by atoms with Crippen LogP contribution in [0.4, 0.5) is 0 Å². The second-order valence-electron chi connectivity index (χ2n) is 6.87. The molecule has 0 bridgehead atoms. The van der Waals surface area contributed by atoms with Crippen LogP contribution in [0.25, 0.3) is 22.6 Å². The molecule has 1 N–H and O–H groups in total. The van der Waals surface area contributed by atoms with Gasteiger partial charge in [-0.1, -0.05) is 24.2 Å². The quantitative estimate of drug-likeness (QED) is 0.775. The molecule has 1 aliphatic rings. The van der Waals surface area contributed by atoms with Gasteiger partial charge >= 0.3 is 0 Å². The van der Waals surface area contributed by atoms with Crippen LogP contribution in [-0.2, 0) is 0 Å². The zero-order chi connectivity index (χ0) is 17.6. The second kappa shape index (κ2) is 6.20. The van der Waals surface area contributed by atoms with E-state index in [1.807, 2.05) is 13.0 Å². The molecule has 4 rings (SSSR count). The van der Waals surface area contributed by atoms with Gasteiger partial charge in [0.2, 0.25) is 0 Å². The highest BCUT2D eigenvalue weighted by molar-refractivity contribution is 5.91. The predicted molar refractivity (Wildman–Crippen MR) is 92.2 cm³/mol. The molecule has 132 valence electrons. The first-order valence-corrected chi connectivity index (χ1v) is 8.56. The molecule has 3 aromatic heterocycles. The van der Waals surface area contributed by atoms with E-state index in [2.05, 4.69) is 51.4 Å². The smallest absolute Gasteiger partial charge is 0.259 e. The maximum atomic E-state index is 5.61. The summed E-state index contributed by atoms with van der Waals surface area (Å²) in [6.07, 6.45) is 0. The van der Waals surface area contributed by atoms with E-state index in [4.69, 9.17) is 9.05 Å². The second-order valence-corrected chi connectivity index (χ2v) is 6.87. The molecule has 8 nitrogen and oxygen atoms in total. The molecule has 1 saturated heterocycles. The standard InChI is InChI=1S/C17H22N6O2/c1-9(2)14-13-11(7-10(3)19-17(13)25-21-14)16-20-15(22-24-16)12-8-18-5-6-23(12)4/h7,9,12,18H,5-6,8H2,1-4H3. The van der Waals surface area contributed by atoms with E-state index in [0.717, 1.165) is 42.0 Å². The maximum Gasteiger partial charge on any atom is 0.259 e. The lowest BCUT2D eigenvalue weighted by Gasteiger charge is -2.30. The molecule has 1 unspecified atom stereocenters. The van der Waals surface area contributed by atoms with Crippen molar-refractivity contribution in [3.63, 3.8) is 0 Å². The molecule has 0 spiro atoms. The highest BCUT2D eigenvalue weighted by Crippen LogP contribution is 2.34. The lowest BCUT2D eigenvalue weighted by atomic mass is 10.0. The van der Waals surface area contributed by atoms with Gasteiger partial charge in [0.05, 0.1) is 22.7 Å². The molecule has 0 aromatic carbocycles. The van der Waals surface area contributed by atoms with E-state index in [9.17, 15) is 0 Å². The van der Waals surface area contributed by atoms with E-state index in [1.54, 1.807) is 0 Å². The average molecular weight is 342 g/mol. The molecular formula is C17H22N6O2. The van der Waals surface area contributed by atoms with Gasteiger partial charge in [0, 0.05) is 25.3 Å². The molecule has 25 heavy (non-hydrogen) atoms. The molecule has 8 heteroatoms. The Balaban J connectivity index is 1.81. The molecule has 0 amide bonds. The third-order valence-electron chi connectivity index (χ3n) is 4.63. The van der Waals surface area contributed by atoms with Crippen molar-refractivity contribution < 1.29 is 9.05 Å². The molecule has 1 atom stereocenters. The summed E-state index contributed by atoms with van der Waals surface area (Å²) in [6, 6.07) is 2.06. The van der Waals surface area contributed by atoms with Gasteiger partial charge in [-0.05, 0) is 26.0 Å². The number of fused-ring (bicyclic) bond motifs is 1. The van der Waals surface area contributed by atoms with Crippen LogP contribution < -0.4 is 5.32 Å². The SMILES string of the molecule is Cc1cc(-c2nc(C3CNCCN3C)no2)c2c(C(C)C)noc2n1. The average Bonchev–Trinajstić information content (AvgIpc) is 3.21. The van der Waals surface area contributed by atoms with Gasteiger partial charge in [-0.15, -0.1) is 0 Å². The summed E-state index contributed by atoms with van der Waals surface area (Å²) >= 11 is 0. The number of hydrogen-bond acceptors (Lipinski definition) is 8. The Morgan fingerprint density at radius 3 is 2.84 bits per heavy atom. The Kier molecular flexibility index (Phi) is 4.01. The first-order chi connectivity index (χ1) is 12.0. The largest absolute Gasteiger partial charge is 0.335 e. The van der Waals surface area contributed by atoms with Crippen LogP contribution in [0, 0.1) is 6.92 Å². The number of aromatic nitrogens is 4. The van der Waals surface area contributed by atoms with Crippen LogP contribution in [0.15, 0.2) is 15.1 Å². The fourth-order valence-electron chi connectivity index (χ4n) is 3.23. The van der Waals surface area contributed by atoms with Gasteiger partial charge in [0.15, 0.2) is 5.82 Å². The predicted octanol–water partition coefficient (Wildman–Crippen LogP) is 2.28. The minimum Gasteiger partial charge on any atom is -0.335 e. The molecule has 1 aliphatic heterocycles. The minimum absolute atomic E-state index is 0.108. The van der Waals surface area contributed by atoms with Crippen LogP contribution in [-0.4, -0.2) is 51.9 Å². The van der Waals surface area contributed by atoms with Crippen molar-refractivity contribution in [2.24, 2.45) is 0 Å². The zero-order valence-corrected chi connectivity index (χ0v) is 14.9. The van der Waals surface area contributed by atoms with Crippen molar-refractivity contribution >= 4 is 11.1 Å². The Labute approximate surface area is 145 Å². The van der Waals surface area contributed by atoms with E-state index < -0.39 is 0 Å². The zero-order valence-electron chi connectivity index (χ0n) is 14.9. The van der Waals surface area contributed by atoms with Crippen LogP contribution in [0.1, 0.15) is 43.0 Å². The molecule has 0 radical (unpaired) electrons. The Bertz CT molecular complexity index is 900. The Morgan fingerprint density at radius 1 is 1.24 bits per heavy atom. The highest BCUT2D eigenvalue weighted by atomic mass is 16.5. The van der Waals surface area contributed by atoms with Crippen LogP contribution in [0.2, 0.25) is 0 Å². The van der Waals surface area contributed by atoms with Crippen molar-refractivity contribution in [3.8, 4) is 11.5 Å². The van der Waals surface area contributed by atoms with E-state index in [0.29, 0.717) is 17.4 Å². The number of nitrogens with zero attached hydrogens (tertiary/aromatic N) is 5. The number of piperazine rings is 1. The summed E-state index contributed by atoms with van der Waals surface area (Å²) in [5, 5.41) is 12.6. The summed E-state index contributed by atoms with van der Waals surface area (Å²) < 4.78 is 11.0. The number of nitrogens with one attached hydrogen (secondary N) is 1. The first kappa shape index (κ1) is 16.2. The number of pyridine rings is 1. The van der Waals surface area contributed by atoms with Gasteiger partial charge in [0.1, 0.15) is 0 Å². The summed E-state index contributed by atoms with van der Waals surface area (Å²) in [7, 11) is 2.08. The lowest BCUT2D eigenvalue weighted by Crippen LogP contribution is -2.44. The van der Waals surface area contributed by atoms with Crippen molar-refractivity contribution in [2.45, 2.75) is 32.7 Å². The van der Waals surface area contributed by atoms with Gasteiger partial charge < -0.3 is 14.4 Å². The summed E-state index contributed by atoms with van der Waals surface area (Å²) in [6.45, 7) is 8.80. The number of hydrogen-bond donors (Lipinski definition) is 1. The summed E-state index contributed by atoms with van der Waals surface area (Å²) in [4.78, 5) is 11.3.